The van der Waals surface area contributed by atoms with Crippen LogP contribution in [0, 0.1) is 12.7 Å². The molecule has 4 aliphatic heterocycles. The summed E-state index contributed by atoms with van der Waals surface area (Å²) in [5, 5.41) is 11.8. The Morgan fingerprint density at radius 1 is 0.821 bits per heavy atom. The summed E-state index contributed by atoms with van der Waals surface area (Å²) >= 11 is 8.70. The van der Waals surface area contributed by atoms with Gasteiger partial charge in [-0.15, -0.1) is 11.3 Å². The van der Waals surface area contributed by atoms with E-state index in [1.807, 2.05) is 43.3 Å². The van der Waals surface area contributed by atoms with Crippen molar-refractivity contribution in [1.82, 2.24) is 29.7 Å². The van der Waals surface area contributed by atoms with Gasteiger partial charge in [-0.2, -0.15) is 0 Å². The first-order valence-electron chi connectivity index (χ1n) is 25.4. The maximum Gasteiger partial charge on any atom is 0.345 e. The minimum Gasteiger partial charge on any atom is -0.496 e. The number of rotatable bonds is 15. The quantitative estimate of drug-likeness (QED) is 0.103. The Bertz CT molecular complexity index is 3220. The minimum absolute atomic E-state index is 0.0181. The molecule has 4 aromatic carbocycles. The highest BCUT2D eigenvalue weighted by molar-refractivity contribution is 7.22. The van der Waals surface area contributed by atoms with Crippen LogP contribution in [-0.4, -0.2) is 165 Å². The highest BCUT2D eigenvalue weighted by Gasteiger charge is 2.48. The van der Waals surface area contributed by atoms with Crippen molar-refractivity contribution in [3.63, 3.8) is 0 Å². The maximum atomic E-state index is 14.4. The van der Waals surface area contributed by atoms with Gasteiger partial charge in [0.2, 0.25) is 12.0 Å². The molecule has 2 saturated heterocycles. The van der Waals surface area contributed by atoms with Crippen LogP contribution in [0.25, 0.3) is 43.2 Å². The maximum absolute atomic E-state index is 14.4. The van der Waals surface area contributed by atoms with E-state index in [4.69, 9.17) is 64.0 Å². The van der Waals surface area contributed by atoms with Gasteiger partial charge in [0.25, 0.3) is 0 Å². The number of carboxylic acids is 1. The molecule has 410 valence electrons. The molecule has 7 atom stereocenters. The second-order valence-electron chi connectivity index (χ2n) is 19.0. The average molecular weight is 1110 g/mol. The molecule has 0 spiro atoms. The fourth-order valence-electron chi connectivity index (χ4n) is 10.3. The highest BCUT2D eigenvalue weighted by atomic mass is 35.5. The number of hydrogen-bond donors (Lipinski definition) is 1. The molecule has 0 saturated carbocycles. The Labute approximate surface area is 459 Å². The monoisotopic (exact) mass is 1110 g/mol. The van der Waals surface area contributed by atoms with Crippen LogP contribution < -0.4 is 23.7 Å². The van der Waals surface area contributed by atoms with E-state index < -0.39 is 42.5 Å². The molecular weight excluding hydrogens is 1050 g/mol. The van der Waals surface area contributed by atoms with E-state index >= 15 is 0 Å². The summed E-state index contributed by atoms with van der Waals surface area (Å²) in [6, 6.07) is 24.4. The number of fused-ring (bicyclic) bond motifs is 7. The third-order valence-electron chi connectivity index (χ3n) is 14.3. The molecule has 4 aliphatic rings. The van der Waals surface area contributed by atoms with Crippen molar-refractivity contribution >= 4 is 39.1 Å². The number of benzene rings is 4. The topological polar surface area (TPSA) is 188 Å². The van der Waals surface area contributed by atoms with Gasteiger partial charge in [-0.25, -0.2) is 29.1 Å². The third kappa shape index (κ3) is 11.7. The Kier molecular flexibility index (Phi) is 17.3. The van der Waals surface area contributed by atoms with Gasteiger partial charge in [-0.1, -0.05) is 41.9 Å². The van der Waals surface area contributed by atoms with E-state index in [-0.39, 0.29) is 37.7 Å². The third-order valence-corrected chi connectivity index (χ3v) is 15.9. The molecule has 18 nitrogen and oxygen atoms in total. The Morgan fingerprint density at radius 2 is 1.58 bits per heavy atom. The lowest BCUT2D eigenvalue weighted by atomic mass is 9.96. The first kappa shape index (κ1) is 54.8. The molecular formula is C57H60ClFN6O12S. The number of carboxylic acid groups (broad SMARTS) is 1. The number of para-hydroxylation sites is 1. The van der Waals surface area contributed by atoms with Crippen LogP contribution in [0.5, 0.6) is 28.9 Å². The lowest BCUT2D eigenvalue weighted by molar-refractivity contribution is -0.304. The number of ether oxygens (including phenoxy) is 10. The zero-order valence-electron chi connectivity index (χ0n) is 43.9. The lowest BCUT2D eigenvalue weighted by Crippen LogP contribution is -2.63. The Hall–Kier alpha value is -6.59. The van der Waals surface area contributed by atoms with E-state index in [2.05, 4.69) is 24.8 Å². The summed E-state index contributed by atoms with van der Waals surface area (Å²) in [4.78, 5) is 37.8. The van der Waals surface area contributed by atoms with Gasteiger partial charge in [0.15, 0.2) is 12.1 Å². The van der Waals surface area contributed by atoms with Crippen LogP contribution in [0.2, 0.25) is 5.02 Å². The molecule has 2 fully saturated rings. The first-order valence-corrected chi connectivity index (χ1v) is 26.6. The van der Waals surface area contributed by atoms with Gasteiger partial charge >= 0.3 is 5.97 Å². The molecule has 0 amide bonds. The molecule has 1 N–H and O–H groups in total. The normalized spacial score (nSPS) is 22.0. The number of hydrogen-bond acceptors (Lipinski definition) is 18. The summed E-state index contributed by atoms with van der Waals surface area (Å²) in [5.74, 6) is 0.725. The molecule has 3 aromatic heterocycles. The number of methoxy groups -OCH3 is 5. The van der Waals surface area contributed by atoms with Crippen LogP contribution in [0.15, 0.2) is 97.5 Å². The zero-order chi connectivity index (χ0) is 54.5. The van der Waals surface area contributed by atoms with Crippen molar-refractivity contribution in [2.45, 2.75) is 62.9 Å². The van der Waals surface area contributed by atoms with Crippen molar-refractivity contribution in [2.75, 3.05) is 81.4 Å². The van der Waals surface area contributed by atoms with Gasteiger partial charge in [-0.3, -0.25) is 9.80 Å². The van der Waals surface area contributed by atoms with Crippen LogP contribution in [0.4, 0.5) is 4.39 Å². The van der Waals surface area contributed by atoms with Crippen LogP contribution in [0.3, 0.4) is 0 Å². The van der Waals surface area contributed by atoms with Crippen molar-refractivity contribution in [3.8, 4) is 61.8 Å². The van der Waals surface area contributed by atoms with Gasteiger partial charge in [0.05, 0.1) is 28.8 Å². The second kappa shape index (κ2) is 24.6. The fraction of sp³-hybridized carbons (Fsp3) is 0.386. The van der Waals surface area contributed by atoms with Gasteiger partial charge < -0.3 is 52.5 Å². The predicted octanol–water partition coefficient (Wildman–Crippen LogP) is 8.42. The summed E-state index contributed by atoms with van der Waals surface area (Å²) in [6.07, 6.45) is -1.44. The SMILES string of the molecule is COc1ccccc1-c1nccc(COc2ccc3cc2C[C@H](C(=O)O)Oc2ncnc4sc(-c5ccc(F)cc5)c(c24)-c2ccc(c(Cl)c2C)O[C@H](CN2CCN(C[C@H]4O[C@H](OC)[C@@H](OC)[C@@H](OC)[C@@H]4OC)CC2)CO3)n1. The molecule has 7 aromatic rings. The van der Waals surface area contributed by atoms with Gasteiger partial charge in [0.1, 0.15) is 83.7 Å². The largest absolute Gasteiger partial charge is 0.496 e. The van der Waals surface area contributed by atoms with E-state index in [0.717, 1.165) is 18.0 Å². The summed E-state index contributed by atoms with van der Waals surface area (Å²) in [5.41, 5.74) is 4.48. The number of aromatic nitrogens is 4. The number of aliphatic carboxylic acids is 1. The first-order chi connectivity index (χ1) is 38.0. The number of carbonyl (C=O) groups is 1. The van der Waals surface area contributed by atoms with Crippen LogP contribution in [-0.2, 0) is 41.5 Å². The molecule has 78 heavy (non-hydrogen) atoms. The fourth-order valence-corrected chi connectivity index (χ4v) is 11.7. The second-order valence-corrected chi connectivity index (χ2v) is 20.4. The van der Waals surface area contributed by atoms with E-state index in [9.17, 15) is 14.3 Å². The zero-order valence-corrected chi connectivity index (χ0v) is 45.5. The molecule has 21 heteroatoms. The number of nitrogens with zero attached hydrogens (tertiary/aromatic N) is 6. The van der Waals surface area contributed by atoms with Gasteiger partial charge in [-0.05, 0) is 78.2 Å². The molecule has 0 radical (unpaired) electrons. The summed E-state index contributed by atoms with van der Waals surface area (Å²) in [6.45, 7) is 5.93. The predicted molar refractivity (Wildman–Crippen MR) is 289 cm³/mol. The Morgan fingerprint density at radius 3 is 2.31 bits per heavy atom. The van der Waals surface area contributed by atoms with Crippen LogP contribution >= 0.6 is 22.9 Å². The molecule has 0 unspecified atom stereocenters. The van der Waals surface area contributed by atoms with Crippen molar-refractivity contribution in [1.29, 1.82) is 0 Å². The van der Waals surface area contributed by atoms with Crippen molar-refractivity contribution < 1.29 is 61.7 Å². The average Bonchev–Trinajstić information content (AvgIpc) is 4.04. The number of piperazine rings is 1. The van der Waals surface area contributed by atoms with E-state index in [0.29, 0.717) is 109 Å². The summed E-state index contributed by atoms with van der Waals surface area (Å²) in [7, 11) is 8.07. The summed E-state index contributed by atoms with van der Waals surface area (Å²) < 4.78 is 76.1. The molecule has 0 aliphatic carbocycles. The highest BCUT2D eigenvalue weighted by Crippen LogP contribution is 2.50. The lowest BCUT2D eigenvalue weighted by Gasteiger charge is -2.46. The van der Waals surface area contributed by atoms with Gasteiger partial charge in [0, 0.05) is 96.3 Å². The molecule has 4 bridgehead atoms. The molecule has 11 rings (SSSR count). The van der Waals surface area contributed by atoms with Crippen LogP contribution in [0.1, 0.15) is 16.8 Å². The minimum atomic E-state index is -1.48. The van der Waals surface area contributed by atoms with E-state index in [1.165, 1.54) is 29.8 Å². The Balaban J connectivity index is 0.982. The number of halogens is 2. The van der Waals surface area contributed by atoms with Crippen molar-refractivity contribution in [3.05, 3.63) is 125 Å². The molecule has 7 heterocycles. The number of thiophene rings is 1. The van der Waals surface area contributed by atoms with Crippen molar-refractivity contribution in [2.24, 2.45) is 0 Å². The smallest absolute Gasteiger partial charge is 0.345 e. The standard InChI is InChI=1S/C57H60ClFN6O12S/c1-32-39-16-18-43(48(32)58)75-38(27-64-21-23-65(24-22-64)28-45-49(69-3)50(70-4)51(71-5)57(72-6)77-45)30-73-37-15-17-41(74-29-36-19-20-60-53(63-36)40-9-7-8-10-42(40)68-2)34(25-37)26-44(56(66)67)76-54-47-46(39)52(78-55(47)62-31-61-54)33-11-13-35(59)14-12-33/h7-20,25,31,38,44-45,49-51,57H,21-24,26-30H2,1-6H3,(H,66,67)/t38-,44-,45-,49-,50+,51+,57+/m1/s1. The van der Waals surface area contributed by atoms with E-state index in [1.54, 1.807) is 78.1 Å².